The maximum atomic E-state index is 13.1. The van der Waals surface area contributed by atoms with Crippen molar-refractivity contribution in [3.8, 4) is 0 Å². The van der Waals surface area contributed by atoms with Gasteiger partial charge in [-0.1, -0.05) is 12.1 Å². The number of hydrogen-bond acceptors (Lipinski definition) is 3. The molecule has 1 aliphatic heterocycles. The summed E-state index contributed by atoms with van der Waals surface area (Å²) in [6, 6.07) is 9.31. The fourth-order valence-electron chi connectivity index (χ4n) is 3.48. The number of aromatic amines is 1. The molecule has 0 saturated carbocycles. The van der Waals surface area contributed by atoms with Crippen molar-refractivity contribution in [2.24, 2.45) is 0 Å². The summed E-state index contributed by atoms with van der Waals surface area (Å²) in [5.41, 5.74) is 3.04. The van der Waals surface area contributed by atoms with E-state index in [2.05, 4.69) is 22.2 Å². The lowest BCUT2D eigenvalue weighted by atomic mass is 9.85. The Morgan fingerprint density at radius 1 is 1.12 bits per heavy atom. The van der Waals surface area contributed by atoms with Crippen LogP contribution in [0.2, 0.25) is 0 Å². The van der Waals surface area contributed by atoms with Crippen LogP contribution in [0.1, 0.15) is 43.1 Å². The van der Waals surface area contributed by atoms with E-state index in [9.17, 15) is 4.39 Å². The Bertz CT molecular complexity index is 817. The minimum Gasteiger partial charge on any atom is -0.359 e. The lowest BCUT2D eigenvalue weighted by molar-refractivity contribution is 0.300. The van der Waals surface area contributed by atoms with Gasteiger partial charge in [-0.3, -0.25) is 0 Å². The van der Waals surface area contributed by atoms with Crippen molar-refractivity contribution >= 4 is 23.4 Å². The van der Waals surface area contributed by atoms with Gasteiger partial charge in [-0.15, -0.1) is 12.4 Å². The van der Waals surface area contributed by atoms with Crippen molar-refractivity contribution < 1.29 is 4.39 Å². The number of rotatable bonds is 2. The summed E-state index contributed by atoms with van der Waals surface area (Å²) in [4.78, 5) is 12.4. The highest BCUT2D eigenvalue weighted by atomic mass is 35.5. The van der Waals surface area contributed by atoms with Gasteiger partial charge in [0.15, 0.2) is 0 Å². The minimum atomic E-state index is -0.199. The van der Waals surface area contributed by atoms with Gasteiger partial charge in [0.2, 0.25) is 0 Å². The summed E-state index contributed by atoms with van der Waals surface area (Å²) in [6.07, 6.45) is 5.67. The van der Waals surface area contributed by atoms with E-state index in [0.717, 1.165) is 35.3 Å². The number of hydrogen-bond donors (Lipinski definition) is 2. The zero-order valence-corrected chi connectivity index (χ0v) is 14.2. The molecule has 1 aromatic carbocycles. The lowest BCUT2D eigenvalue weighted by Gasteiger charge is -2.34. The number of halogens is 2. The second-order valence-corrected chi connectivity index (χ2v) is 6.34. The number of benzene rings is 1. The maximum Gasteiger partial charge on any atom is 0.132 e. The molecule has 3 atom stereocenters. The lowest BCUT2D eigenvalue weighted by Crippen LogP contribution is -2.38. The van der Waals surface area contributed by atoms with Crippen molar-refractivity contribution in [1.82, 2.24) is 20.3 Å². The summed E-state index contributed by atoms with van der Waals surface area (Å²) in [6.45, 7) is 2.18. The Balaban J connectivity index is 0.00000169. The molecule has 4 rings (SSSR count). The van der Waals surface area contributed by atoms with Crippen molar-refractivity contribution in [3.05, 3.63) is 59.9 Å². The quantitative estimate of drug-likeness (QED) is 0.734. The predicted octanol–water partition coefficient (Wildman–Crippen LogP) is 4.12. The number of fused-ring (bicyclic) bond motifs is 1. The molecule has 1 saturated heterocycles. The Kier molecular flexibility index (Phi) is 4.83. The molecule has 0 bridgehead atoms. The number of piperidine rings is 1. The number of nitrogens with zero attached hydrogens (tertiary/aromatic N) is 2. The van der Waals surface area contributed by atoms with Gasteiger partial charge in [0.25, 0.3) is 0 Å². The smallest absolute Gasteiger partial charge is 0.132 e. The van der Waals surface area contributed by atoms with Crippen LogP contribution in [-0.2, 0) is 0 Å². The molecule has 0 amide bonds. The van der Waals surface area contributed by atoms with Crippen molar-refractivity contribution in [3.63, 3.8) is 0 Å². The molecule has 3 heterocycles. The number of nitrogens with one attached hydrogen (secondary N) is 2. The number of aromatic nitrogens is 3. The van der Waals surface area contributed by atoms with Crippen LogP contribution in [0.5, 0.6) is 0 Å². The Morgan fingerprint density at radius 2 is 1.92 bits per heavy atom. The molecule has 0 spiro atoms. The molecule has 3 aromatic rings. The molecular weight excluding hydrogens is 327 g/mol. The van der Waals surface area contributed by atoms with E-state index in [1.807, 2.05) is 30.6 Å². The standard InChI is InChI=1S/C18H19FN4.ClH/c1-11-8-13(18-21-10-17-15(23-18)6-7-20-17)9-16(22-11)12-2-4-14(19)5-3-12;/h2-7,10-11,13,16,20,22H,8-9H2,1H3;1H. The van der Waals surface area contributed by atoms with Crippen LogP contribution in [-0.4, -0.2) is 21.0 Å². The highest BCUT2D eigenvalue weighted by Gasteiger charge is 2.29. The van der Waals surface area contributed by atoms with Gasteiger partial charge in [-0.25, -0.2) is 14.4 Å². The Morgan fingerprint density at radius 3 is 2.71 bits per heavy atom. The molecule has 126 valence electrons. The third-order valence-electron chi connectivity index (χ3n) is 4.60. The average Bonchev–Trinajstić information content (AvgIpc) is 3.02. The van der Waals surface area contributed by atoms with E-state index in [4.69, 9.17) is 4.98 Å². The second-order valence-electron chi connectivity index (χ2n) is 6.34. The van der Waals surface area contributed by atoms with Gasteiger partial charge in [-0.05, 0) is 43.5 Å². The maximum absolute atomic E-state index is 13.1. The second kappa shape index (κ2) is 6.87. The number of H-pyrrole nitrogens is 1. The molecule has 4 nitrogen and oxygen atoms in total. The molecule has 1 aliphatic rings. The van der Waals surface area contributed by atoms with Crippen molar-refractivity contribution in [2.75, 3.05) is 0 Å². The van der Waals surface area contributed by atoms with Crippen LogP contribution >= 0.6 is 12.4 Å². The largest absolute Gasteiger partial charge is 0.359 e. The zero-order chi connectivity index (χ0) is 15.8. The van der Waals surface area contributed by atoms with Gasteiger partial charge in [0.05, 0.1) is 17.2 Å². The topological polar surface area (TPSA) is 53.6 Å². The average molecular weight is 347 g/mol. The summed E-state index contributed by atoms with van der Waals surface area (Å²) >= 11 is 0. The van der Waals surface area contributed by atoms with E-state index in [1.54, 1.807) is 0 Å². The van der Waals surface area contributed by atoms with Crippen LogP contribution in [0, 0.1) is 5.82 Å². The molecule has 1 fully saturated rings. The molecule has 0 radical (unpaired) electrons. The van der Waals surface area contributed by atoms with Crippen LogP contribution in [0.15, 0.2) is 42.7 Å². The van der Waals surface area contributed by atoms with Crippen LogP contribution in [0.4, 0.5) is 4.39 Å². The SMILES string of the molecule is CC1CC(c2ncc3[nH]ccc3n2)CC(c2ccc(F)cc2)N1.Cl. The van der Waals surface area contributed by atoms with E-state index in [0.29, 0.717) is 12.0 Å². The van der Waals surface area contributed by atoms with Crippen LogP contribution < -0.4 is 5.32 Å². The fraction of sp³-hybridized carbons (Fsp3) is 0.333. The first-order valence-corrected chi connectivity index (χ1v) is 8.00. The van der Waals surface area contributed by atoms with E-state index in [1.165, 1.54) is 12.1 Å². The third kappa shape index (κ3) is 3.28. The first-order chi connectivity index (χ1) is 11.2. The first kappa shape index (κ1) is 16.9. The van der Waals surface area contributed by atoms with Crippen LogP contribution in [0.25, 0.3) is 11.0 Å². The fourth-order valence-corrected chi connectivity index (χ4v) is 3.48. The highest BCUT2D eigenvalue weighted by Crippen LogP contribution is 2.35. The van der Waals surface area contributed by atoms with Gasteiger partial charge in [0, 0.05) is 24.2 Å². The van der Waals surface area contributed by atoms with E-state index >= 15 is 0 Å². The summed E-state index contributed by atoms with van der Waals surface area (Å²) < 4.78 is 13.1. The third-order valence-corrected chi connectivity index (χ3v) is 4.60. The summed E-state index contributed by atoms with van der Waals surface area (Å²) in [5.74, 6) is 1.01. The van der Waals surface area contributed by atoms with Crippen LogP contribution in [0.3, 0.4) is 0 Å². The molecule has 24 heavy (non-hydrogen) atoms. The monoisotopic (exact) mass is 346 g/mol. The van der Waals surface area contributed by atoms with Gasteiger partial charge >= 0.3 is 0 Å². The van der Waals surface area contributed by atoms with Crippen molar-refractivity contribution in [1.29, 1.82) is 0 Å². The Labute approximate surface area is 146 Å². The van der Waals surface area contributed by atoms with Gasteiger partial charge in [0.1, 0.15) is 11.6 Å². The molecule has 6 heteroatoms. The molecule has 2 aromatic heterocycles. The van der Waals surface area contributed by atoms with E-state index < -0.39 is 0 Å². The molecule has 0 aliphatic carbocycles. The summed E-state index contributed by atoms with van der Waals surface area (Å²) in [5, 5.41) is 3.60. The van der Waals surface area contributed by atoms with Crippen molar-refractivity contribution in [2.45, 2.75) is 37.8 Å². The Hall–Kier alpha value is -1.98. The normalized spacial score (nSPS) is 23.8. The first-order valence-electron chi connectivity index (χ1n) is 8.00. The summed E-state index contributed by atoms with van der Waals surface area (Å²) in [7, 11) is 0. The molecular formula is C18H20ClFN4. The highest BCUT2D eigenvalue weighted by molar-refractivity contribution is 5.85. The molecule has 2 N–H and O–H groups in total. The van der Waals surface area contributed by atoms with Gasteiger partial charge < -0.3 is 10.3 Å². The van der Waals surface area contributed by atoms with E-state index in [-0.39, 0.29) is 24.3 Å². The molecule has 3 unspecified atom stereocenters. The van der Waals surface area contributed by atoms with Gasteiger partial charge in [-0.2, -0.15) is 0 Å². The minimum absolute atomic E-state index is 0. The zero-order valence-electron chi connectivity index (χ0n) is 13.4. The predicted molar refractivity (Wildman–Crippen MR) is 94.9 cm³/mol.